The summed E-state index contributed by atoms with van der Waals surface area (Å²) in [6.07, 6.45) is -1.02. The molecule has 0 heterocycles. The highest BCUT2D eigenvalue weighted by Crippen LogP contribution is 2.17. The van der Waals surface area contributed by atoms with Crippen molar-refractivity contribution in [3.05, 3.63) is 24.3 Å². The predicted molar refractivity (Wildman–Crippen MR) is 122 cm³/mol. The number of nitrogens with one attached hydrogen (secondary N) is 2. The Morgan fingerprint density at radius 3 is 1.10 bits per heavy atom. The third-order valence-electron chi connectivity index (χ3n) is 5.62. The molecule has 1 aromatic rings. The summed E-state index contributed by atoms with van der Waals surface area (Å²) >= 11 is 0. The number of benzene rings is 1. The van der Waals surface area contributed by atoms with Crippen molar-refractivity contribution in [3.8, 4) is 11.5 Å². The molecule has 0 aliphatic heterocycles. The van der Waals surface area contributed by atoms with E-state index in [4.69, 9.17) is 9.47 Å². The van der Waals surface area contributed by atoms with Gasteiger partial charge in [0.25, 0.3) is 0 Å². The number of quaternary nitrogens is 2. The SMILES string of the molecule is CC(C)[NH+](C[C@H](O)COc1ccc(OC[C@H](O)C[NH+](C(C)C)C(C)C)cc1)C(C)C. The van der Waals surface area contributed by atoms with Crippen LogP contribution in [0.3, 0.4) is 0 Å². The highest BCUT2D eigenvalue weighted by atomic mass is 16.5. The van der Waals surface area contributed by atoms with E-state index in [1.165, 1.54) is 9.80 Å². The summed E-state index contributed by atoms with van der Waals surface area (Å²) in [5.74, 6) is 1.40. The zero-order valence-corrected chi connectivity index (χ0v) is 20.3. The molecule has 0 aliphatic rings. The van der Waals surface area contributed by atoms with Crippen LogP contribution in [0.4, 0.5) is 0 Å². The first-order valence-corrected chi connectivity index (χ1v) is 11.4. The molecule has 174 valence electrons. The highest BCUT2D eigenvalue weighted by Gasteiger charge is 2.22. The van der Waals surface area contributed by atoms with Gasteiger partial charge in [0.1, 0.15) is 50.0 Å². The molecule has 0 spiro atoms. The molecule has 1 aromatic carbocycles. The lowest BCUT2D eigenvalue weighted by atomic mass is 10.2. The molecule has 0 aliphatic carbocycles. The van der Waals surface area contributed by atoms with Crippen molar-refractivity contribution in [2.24, 2.45) is 0 Å². The van der Waals surface area contributed by atoms with Crippen LogP contribution in [-0.4, -0.2) is 72.9 Å². The smallest absolute Gasteiger partial charge is 0.137 e. The van der Waals surface area contributed by atoms with E-state index in [-0.39, 0.29) is 13.2 Å². The molecular formula is C24H46N2O4+2. The second-order valence-electron chi connectivity index (χ2n) is 9.58. The highest BCUT2D eigenvalue weighted by molar-refractivity contribution is 5.31. The first-order valence-electron chi connectivity index (χ1n) is 11.4. The van der Waals surface area contributed by atoms with Crippen LogP contribution in [0.25, 0.3) is 0 Å². The monoisotopic (exact) mass is 426 g/mol. The lowest BCUT2D eigenvalue weighted by molar-refractivity contribution is -0.945. The minimum absolute atomic E-state index is 0.269. The van der Waals surface area contributed by atoms with Crippen molar-refractivity contribution in [1.82, 2.24) is 0 Å². The largest absolute Gasteiger partial charge is 0.491 e. The summed E-state index contributed by atoms with van der Waals surface area (Å²) in [6.45, 7) is 19.2. The maximum absolute atomic E-state index is 10.3. The molecule has 0 bridgehead atoms. The number of hydrogen-bond acceptors (Lipinski definition) is 4. The molecule has 0 saturated heterocycles. The number of aliphatic hydroxyl groups excluding tert-OH is 2. The molecule has 0 saturated carbocycles. The van der Waals surface area contributed by atoms with Crippen molar-refractivity contribution in [2.75, 3.05) is 26.3 Å². The fourth-order valence-corrected chi connectivity index (χ4v) is 3.96. The zero-order valence-electron chi connectivity index (χ0n) is 20.3. The van der Waals surface area contributed by atoms with Gasteiger partial charge in [-0.3, -0.25) is 0 Å². The van der Waals surface area contributed by atoms with E-state index in [0.717, 1.165) is 0 Å². The Balaban J connectivity index is 2.44. The molecule has 2 atom stereocenters. The summed E-state index contributed by atoms with van der Waals surface area (Å²) in [6, 6.07) is 9.19. The third kappa shape index (κ3) is 9.65. The minimum Gasteiger partial charge on any atom is -0.491 e. The average Bonchev–Trinajstić information content (AvgIpc) is 2.66. The number of rotatable bonds is 14. The van der Waals surface area contributed by atoms with Crippen LogP contribution in [0.15, 0.2) is 24.3 Å². The van der Waals surface area contributed by atoms with E-state index in [9.17, 15) is 10.2 Å². The molecule has 6 nitrogen and oxygen atoms in total. The van der Waals surface area contributed by atoms with E-state index in [0.29, 0.717) is 48.8 Å². The molecule has 1 rings (SSSR count). The summed E-state index contributed by atoms with van der Waals surface area (Å²) in [5, 5.41) is 20.7. The van der Waals surface area contributed by atoms with Gasteiger partial charge >= 0.3 is 0 Å². The zero-order chi connectivity index (χ0) is 22.8. The van der Waals surface area contributed by atoms with Gasteiger partial charge in [-0.05, 0) is 79.7 Å². The van der Waals surface area contributed by atoms with Crippen LogP contribution in [0.5, 0.6) is 11.5 Å². The summed E-state index contributed by atoms with van der Waals surface area (Å²) in [5.41, 5.74) is 0. The standard InChI is InChI=1S/C24H44N2O4/c1-17(2)25(18(3)4)13-21(27)15-29-23-9-11-24(12-10-23)30-16-22(28)14-26(19(5)6)20(7)8/h9-12,17-22,27-28H,13-16H2,1-8H3/p+2/t21-,22+. The average molecular weight is 427 g/mol. The van der Waals surface area contributed by atoms with Gasteiger partial charge in [0.05, 0.1) is 24.2 Å². The Labute approximate surface area is 183 Å². The van der Waals surface area contributed by atoms with Gasteiger partial charge in [-0.25, -0.2) is 0 Å². The summed E-state index contributed by atoms with van der Waals surface area (Å²) < 4.78 is 11.5. The third-order valence-corrected chi connectivity index (χ3v) is 5.62. The van der Waals surface area contributed by atoms with Crippen LogP contribution in [-0.2, 0) is 0 Å². The van der Waals surface area contributed by atoms with Crippen LogP contribution in [0.2, 0.25) is 0 Å². The molecule has 30 heavy (non-hydrogen) atoms. The number of hydrogen-bond donors (Lipinski definition) is 4. The van der Waals surface area contributed by atoms with Crippen LogP contribution >= 0.6 is 0 Å². The second kappa shape index (κ2) is 13.2. The van der Waals surface area contributed by atoms with Crippen LogP contribution in [0, 0.1) is 0 Å². The van der Waals surface area contributed by atoms with Gasteiger partial charge in [0.15, 0.2) is 0 Å². The Hall–Kier alpha value is -1.34. The van der Waals surface area contributed by atoms with Crippen LogP contribution in [0.1, 0.15) is 55.4 Å². The van der Waals surface area contributed by atoms with Crippen molar-refractivity contribution in [1.29, 1.82) is 0 Å². The predicted octanol–water partition coefficient (Wildman–Crippen LogP) is 0.569. The Bertz CT molecular complexity index is 508. The molecule has 0 aromatic heterocycles. The van der Waals surface area contributed by atoms with Gasteiger partial charge in [-0.2, -0.15) is 0 Å². The molecule has 0 amide bonds. The normalized spacial score (nSPS) is 14.4. The lowest BCUT2D eigenvalue weighted by Crippen LogP contribution is -3.18. The van der Waals surface area contributed by atoms with E-state index in [2.05, 4.69) is 55.4 Å². The fraction of sp³-hybridized carbons (Fsp3) is 0.750. The fourth-order valence-electron chi connectivity index (χ4n) is 3.96. The Kier molecular flexibility index (Phi) is 11.7. The second-order valence-corrected chi connectivity index (χ2v) is 9.58. The van der Waals surface area contributed by atoms with E-state index >= 15 is 0 Å². The quantitative estimate of drug-likeness (QED) is 0.351. The minimum atomic E-state index is -0.511. The van der Waals surface area contributed by atoms with Gasteiger partial charge in [0, 0.05) is 0 Å². The number of ether oxygens (including phenoxy) is 2. The molecule has 6 heteroatoms. The van der Waals surface area contributed by atoms with Crippen molar-refractivity contribution < 1.29 is 29.5 Å². The van der Waals surface area contributed by atoms with E-state index < -0.39 is 12.2 Å². The first kappa shape index (κ1) is 26.7. The topological polar surface area (TPSA) is 67.8 Å². The van der Waals surface area contributed by atoms with Gasteiger partial charge in [0.2, 0.25) is 0 Å². The van der Waals surface area contributed by atoms with Crippen molar-refractivity contribution in [3.63, 3.8) is 0 Å². The van der Waals surface area contributed by atoms with Crippen LogP contribution < -0.4 is 19.3 Å². The Morgan fingerprint density at radius 1 is 0.600 bits per heavy atom. The van der Waals surface area contributed by atoms with Gasteiger partial charge < -0.3 is 29.5 Å². The summed E-state index contributed by atoms with van der Waals surface area (Å²) in [7, 11) is 0. The molecule has 4 N–H and O–H groups in total. The van der Waals surface area contributed by atoms with E-state index in [1.54, 1.807) is 0 Å². The molecular weight excluding hydrogens is 380 g/mol. The maximum atomic E-state index is 10.3. The lowest BCUT2D eigenvalue weighted by Gasteiger charge is -2.29. The maximum Gasteiger partial charge on any atom is 0.137 e. The van der Waals surface area contributed by atoms with Gasteiger partial charge in [-0.15, -0.1) is 0 Å². The molecule has 0 unspecified atom stereocenters. The van der Waals surface area contributed by atoms with Crippen molar-refractivity contribution in [2.45, 2.75) is 91.8 Å². The summed E-state index contributed by atoms with van der Waals surface area (Å²) in [4.78, 5) is 2.73. The first-order chi connectivity index (χ1) is 14.0. The van der Waals surface area contributed by atoms with Gasteiger partial charge in [-0.1, -0.05) is 0 Å². The molecule has 0 radical (unpaired) electrons. The Morgan fingerprint density at radius 2 is 0.867 bits per heavy atom. The number of aliphatic hydroxyl groups is 2. The van der Waals surface area contributed by atoms with E-state index in [1.807, 2.05) is 24.3 Å². The molecule has 0 fully saturated rings. The van der Waals surface area contributed by atoms with Crippen molar-refractivity contribution >= 4 is 0 Å².